The second-order valence-electron chi connectivity index (χ2n) is 9.63. The molecule has 1 aromatic rings. The molecule has 4 atom stereocenters. The van der Waals surface area contributed by atoms with Crippen molar-refractivity contribution in [3.8, 4) is 0 Å². The number of amidine groups is 1. The van der Waals surface area contributed by atoms with Gasteiger partial charge in [0.05, 0.1) is 12.6 Å². The van der Waals surface area contributed by atoms with Crippen molar-refractivity contribution in [2.75, 3.05) is 13.6 Å². The summed E-state index contributed by atoms with van der Waals surface area (Å²) < 4.78 is 2.39. The zero-order chi connectivity index (χ0) is 19.7. The Balaban J connectivity index is 1.94. The van der Waals surface area contributed by atoms with Crippen molar-refractivity contribution < 1.29 is 9.41 Å². The molecule has 0 saturated heterocycles. The third kappa shape index (κ3) is 4.23. The molecule has 0 N–H and O–H groups in total. The van der Waals surface area contributed by atoms with Crippen molar-refractivity contribution in [2.24, 2.45) is 23.7 Å². The van der Waals surface area contributed by atoms with Crippen LogP contribution < -0.4 is 0 Å². The highest BCUT2D eigenvalue weighted by atomic mass is 16.7. The molecule has 0 spiro atoms. The second kappa shape index (κ2) is 8.34. The van der Waals surface area contributed by atoms with Crippen molar-refractivity contribution in [3.63, 3.8) is 0 Å². The molecule has 0 radical (unpaired) electrons. The number of hydroxylamine groups is 2. The highest BCUT2D eigenvalue weighted by Gasteiger charge is 2.46. The van der Waals surface area contributed by atoms with E-state index >= 15 is 0 Å². The average molecular weight is 372 g/mol. The lowest BCUT2D eigenvalue weighted by Crippen LogP contribution is -2.46. The first kappa shape index (κ1) is 20.4. The van der Waals surface area contributed by atoms with Gasteiger partial charge in [-0.1, -0.05) is 59.2 Å². The van der Waals surface area contributed by atoms with E-state index in [1.165, 1.54) is 36.2 Å². The number of nitrogens with zero attached hydrogens (tertiary/aromatic N) is 2. The van der Waals surface area contributed by atoms with Crippen molar-refractivity contribution in [3.05, 3.63) is 35.4 Å². The minimum absolute atomic E-state index is 0.320. The molecule has 2 aliphatic rings. The molecule has 1 heterocycles. The van der Waals surface area contributed by atoms with Crippen LogP contribution in [0.1, 0.15) is 65.0 Å². The predicted octanol–water partition coefficient (Wildman–Crippen LogP) is 5.12. The molecular weight excluding hydrogens is 332 g/mol. The van der Waals surface area contributed by atoms with Crippen molar-refractivity contribution in [2.45, 2.75) is 73.0 Å². The van der Waals surface area contributed by atoms with E-state index in [1.807, 2.05) is 0 Å². The maximum atomic E-state index is 6.92. The Morgan fingerprint density at radius 2 is 1.78 bits per heavy atom. The van der Waals surface area contributed by atoms with Gasteiger partial charge >= 0.3 is 5.84 Å². The quantitative estimate of drug-likeness (QED) is 0.668. The van der Waals surface area contributed by atoms with Gasteiger partial charge in [0.1, 0.15) is 12.6 Å². The smallest absolute Gasteiger partial charge is 0.257 e. The zero-order valence-electron chi connectivity index (χ0n) is 18.4. The molecule has 1 saturated carbocycles. The largest absolute Gasteiger partial charge is 0.310 e. The number of likely N-dealkylation sites (N-methyl/N-ethyl adjacent to an activating group) is 1. The van der Waals surface area contributed by atoms with Gasteiger partial charge in [0.2, 0.25) is 0 Å². The van der Waals surface area contributed by atoms with E-state index in [9.17, 15) is 0 Å². The Hall–Kier alpha value is -1.35. The fraction of sp³-hybridized carbons (Fsp3) is 0.708. The van der Waals surface area contributed by atoms with Gasteiger partial charge in [0, 0.05) is 5.92 Å². The molecule has 0 aromatic heterocycles. The lowest BCUT2D eigenvalue weighted by atomic mass is 9.75. The molecular formula is C24H39N2O+. The van der Waals surface area contributed by atoms with Gasteiger partial charge in [0.15, 0.2) is 6.04 Å². The van der Waals surface area contributed by atoms with E-state index in [0.29, 0.717) is 29.9 Å². The zero-order valence-corrected chi connectivity index (χ0v) is 18.4. The highest BCUT2D eigenvalue weighted by molar-refractivity contribution is 5.96. The monoisotopic (exact) mass is 371 g/mol. The van der Waals surface area contributed by atoms with Crippen LogP contribution in [-0.2, 0) is 4.84 Å². The van der Waals surface area contributed by atoms with Gasteiger partial charge in [-0.2, -0.15) is 4.84 Å². The van der Waals surface area contributed by atoms with Gasteiger partial charge in [-0.25, -0.2) is 0 Å². The summed E-state index contributed by atoms with van der Waals surface area (Å²) in [5.74, 6) is 3.87. The van der Waals surface area contributed by atoms with E-state index in [-0.39, 0.29) is 0 Å². The first-order valence-electron chi connectivity index (χ1n) is 10.9. The molecule has 3 rings (SSSR count). The number of hydrogen-bond acceptors (Lipinski definition) is 2. The Morgan fingerprint density at radius 1 is 1.07 bits per heavy atom. The summed E-state index contributed by atoms with van der Waals surface area (Å²) in [5, 5.41) is 2.30. The van der Waals surface area contributed by atoms with E-state index in [4.69, 9.17) is 4.84 Å². The topological polar surface area (TPSA) is 15.5 Å². The summed E-state index contributed by atoms with van der Waals surface area (Å²) in [5.41, 5.74) is 2.61. The highest BCUT2D eigenvalue weighted by Crippen LogP contribution is 2.37. The van der Waals surface area contributed by atoms with Gasteiger partial charge in [-0.15, -0.1) is 5.06 Å². The van der Waals surface area contributed by atoms with Crippen molar-refractivity contribution in [1.82, 2.24) is 5.06 Å². The minimum Gasteiger partial charge on any atom is -0.257 e. The third-order valence-electron chi connectivity index (χ3n) is 6.70. The van der Waals surface area contributed by atoms with Crippen LogP contribution in [0.3, 0.4) is 0 Å². The molecule has 3 nitrogen and oxygen atoms in total. The molecule has 1 aromatic carbocycles. The molecule has 3 heteroatoms. The van der Waals surface area contributed by atoms with Gasteiger partial charge < -0.3 is 0 Å². The maximum absolute atomic E-state index is 6.92. The van der Waals surface area contributed by atoms with Crippen LogP contribution in [0.5, 0.6) is 0 Å². The molecule has 0 amide bonds. The van der Waals surface area contributed by atoms with Crippen LogP contribution in [0.15, 0.2) is 24.3 Å². The first-order chi connectivity index (χ1) is 12.8. The summed E-state index contributed by atoms with van der Waals surface area (Å²) in [6.07, 6.45) is 4.12. The second-order valence-corrected chi connectivity index (χ2v) is 9.63. The van der Waals surface area contributed by atoms with Crippen LogP contribution in [0.2, 0.25) is 0 Å². The van der Waals surface area contributed by atoms with Crippen LogP contribution >= 0.6 is 0 Å². The molecule has 0 unspecified atom stereocenters. The lowest BCUT2D eigenvalue weighted by molar-refractivity contribution is -0.490. The fourth-order valence-electron chi connectivity index (χ4n) is 4.91. The van der Waals surface area contributed by atoms with Crippen LogP contribution in [0.25, 0.3) is 0 Å². The fourth-order valence-corrected chi connectivity index (χ4v) is 4.91. The Bertz CT molecular complexity index is 679. The van der Waals surface area contributed by atoms with Gasteiger partial charge in [-0.05, 0) is 49.1 Å². The van der Waals surface area contributed by atoms with E-state index in [1.54, 1.807) is 0 Å². The van der Waals surface area contributed by atoms with Crippen molar-refractivity contribution >= 4 is 5.84 Å². The number of rotatable bonds is 5. The molecule has 1 aliphatic heterocycles. The van der Waals surface area contributed by atoms with E-state index in [0.717, 1.165) is 12.5 Å². The number of benzene rings is 1. The molecule has 27 heavy (non-hydrogen) atoms. The lowest BCUT2D eigenvalue weighted by Gasteiger charge is -2.37. The van der Waals surface area contributed by atoms with Crippen LogP contribution in [-0.4, -0.2) is 41.2 Å². The predicted molar refractivity (Wildman–Crippen MR) is 113 cm³/mol. The Labute approximate surface area is 166 Å². The molecule has 0 bridgehead atoms. The van der Waals surface area contributed by atoms with Crippen LogP contribution in [0.4, 0.5) is 0 Å². The standard InChI is InChI=1S/C24H39N2O/c1-16(2)20-13-12-18(5)14-23(20)27-26-22(17(3)4)15-25(7)24(26)21-11-9-8-10-19(21)6/h8-11,16-18,20,22-23H,12-15H2,1-7H3/q+1/t18-,20+,22-,23-/m1/s1. The third-order valence-corrected chi connectivity index (χ3v) is 6.70. The number of aryl methyl sites for hydroxylation is 1. The maximum Gasteiger partial charge on any atom is 0.310 e. The summed E-state index contributed by atoms with van der Waals surface area (Å²) in [4.78, 5) is 6.92. The molecule has 150 valence electrons. The first-order valence-corrected chi connectivity index (χ1v) is 10.9. The van der Waals surface area contributed by atoms with E-state index < -0.39 is 0 Å². The minimum atomic E-state index is 0.320. The molecule has 1 fully saturated rings. The normalized spacial score (nSPS) is 29.3. The molecule has 1 aliphatic carbocycles. The summed E-state index contributed by atoms with van der Waals surface area (Å²) in [6.45, 7) is 15.0. The average Bonchev–Trinajstić information content (AvgIpc) is 2.92. The Morgan fingerprint density at radius 3 is 2.41 bits per heavy atom. The van der Waals surface area contributed by atoms with Gasteiger partial charge in [0.25, 0.3) is 0 Å². The van der Waals surface area contributed by atoms with Gasteiger partial charge in [-0.3, -0.25) is 4.58 Å². The van der Waals surface area contributed by atoms with Crippen LogP contribution in [0, 0.1) is 30.6 Å². The summed E-state index contributed by atoms with van der Waals surface area (Å²) in [6, 6.07) is 9.11. The SMILES string of the molecule is Cc1ccccc1C1=[N+](C)C[C@H](C(C)C)N1O[C@@H]1C[C@H](C)CC[C@H]1C(C)C. The van der Waals surface area contributed by atoms with E-state index in [2.05, 4.69) is 82.5 Å². The number of hydrogen-bond donors (Lipinski definition) is 0. The summed E-state index contributed by atoms with van der Waals surface area (Å²) in [7, 11) is 2.21. The van der Waals surface area contributed by atoms with Crippen molar-refractivity contribution in [1.29, 1.82) is 0 Å². The Kier molecular flexibility index (Phi) is 6.30. The summed E-state index contributed by atoms with van der Waals surface area (Å²) >= 11 is 0.